The van der Waals surface area contributed by atoms with Gasteiger partial charge in [0.25, 0.3) is 5.91 Å². The van der Waals surface area contributed by atoms with E-state index in [-0.39, 0.29) is 19.0 Å². The predicted molar refractivity (Wildman–Crippen MR) is 97.0 cm³/mol. The predicted octanol–water partition coefficient (Wildman–Crippen LogP) is 3.28. The van der Waals surface area contributed by atoms with E-state index in [1.165, 1.54) is 4.68 Å². The lowest BCUT2D eigenvalue weighted by atomic mass is 9.95. The zero-order chi connectivity index (χ0) is 19.6. The summed E-state index contributed by atoms with van der Waals surface area (Å²) in [6.07, 6.45) is -1.82. The summed E-state index contributed by atoms with van der Waals surface area (Å²) >= 11 is 0. The number of nitrogens with one attached hydrogen (secondary N) is 1. The van der Waals surface area contributed by atoms with Crippen molar-refractivity contribution in [3.8, 4) is 0 Å². The van der Waals surface area contributed by atoms with E-state index in [2.05, 4.69) is 10.4 Å². The summed E-state index contributed by atoms with van der Waals surface area (Å²) in [5.41, 5.74) is 1.69. The molecular weight excluding hydrogens is 357 g/mol. The Morgan fingerprint density at radius 1 is 1.19 bits per heavy atom. The zero-order valence-electron chi connectivity index (χ0n) is 15.4. The van der Waals surface area contributed by atoms with Crippen LogP contribution in [0.1, 0.15) is 40.2 Å². The van der Waals surface area contributed by atoms with Crippen molar-refractivity contribution in [1.29, 1.82) is 0 Å². The molecule has 0 fully saturated rings. The van der Waals surface area contributed by atoms with E-state index in [9.17, 15) is 18.0 Å². The molecule has 0 saturated carbocycles. The quantitative estimate of drug-likeness (QED) is 0.866. The average molecular weight is 380 g/mol. The standard InChI is InChI=1S/C19H23F3N4O/c1-25(2)14-9-7-13(8-10-14)18(27)23-11-12-26-16-6-4-3-5-15(16)17(24-26)19(20,21)22/h7-10H,3-6,11-12H2,1-2H3,(H,23,27). The van der Waals surface area contributed by atoms with Crippen molar-refractivity contribution in [2.75, 3.05) is 25.5 Å². The maximum atomic E-state index is 13.2. The Kier molecular flexibility index (Phi) is 5.43. The van der Waals surface area contributed by atoms with Crippen LogP contribution in [0.4, 0.5) is 18.9 Å². The van der Waals surface area contributed by atoms with E-state index < -0.39 is 11.9 Å². The van der Waals surface area contributed by atoms with Crippen molar-refractivity contribution < 1.29 is 18.0 Å². The van der Waals surface area contributed by atoms with Gasteiger partial charge in [0.15, 0.2) is 5.69 Å². The van der Waals surface area contributed by atoms with Crippen LogP contribution in [0.25, 0.3) is 0 Å². The molecule has 0 aliphatic heterocycles. The molecule has 1 aliphatic rings. The Morgan fingerprint density at radius 2 is 1.85 bits per heavy atom. The van der Waals surface area contributed by atoms with Crippen molar-refractivity contribution in [3.63, 3.8) is 0 Å². The highest BCUT2D eigenvalue weighted by molar-refractivity contribution is 5.94. The minimum absolute atomic E-state index is 0.222. The summed E-state index contributed by atoms with van der Waals surface area (Å²) in [5.74, 6) is -0.252. The van der Waals surface area contributed by atoms with Gasteiger partial charge in [-0.3, -0.25) is 9.48 Å². The Hall–Kier alpha value is -2.51. The van der Waals surface area contributed by atoms with Crippen molar-refractivity contribution in [2.45, 2.75) is 38.4 Å². The number of carbonyl (C=O) groups excluding carboxylic acids is 1. The van der Waals surface area contributed by atoms with Crippen LogP contribution >= 0.6 is 0 Å². The molecule has 0 spiro atoms. The Morgan fingerprint density at radius 3 is 2.48 bits per heavy atom. The van der Waals surface area contributed by atoms with Crippen LogP contribution in [0.2, 0.25) is 0 Å². The van der Waals surface area contributed by atoms with Gasteiger partial charge in [0, 0.05) is 43.1 Å². The number of hydrogen-bond donors (Lipinski definition) is 1. The first-order valence-corrected chi connectivity index (χ1v) is 8.98. The summed E-state index contributed by atoms with van der Waals surface area (Å²) in [4.78, 5) is 14.2. The summed E-state index contributed by atoms with van der Waals surface area (Å²) in [6.45, 7) is 0.444. The number of aromatic nitrogens is 2. The molecule has 1 N–H and O–H groups in total. The van der Waals surface area contributed by atoms with Crippen LogP contribution in [0.5, 0.6) is 0 Å². The van der Waals surface area contributed by atoms with E-state index in [0.717, 1.165) is 18.5 Å². The fourth-order valence-corrected chi connectivity index (χ4v) is 3.37. The smallest absolute Gasteiger partial charge is 0.378 e. The lowest BCUT2D eigenvalue weighted by Crippen LogP contribution is -2.28. The number of benzene rings is 1. The molecule has 5 nitrogen and oxygen atoms in total. The Bertz CT molecular complexity index is 810. The highest BCUT2D eigenvalue weighted by Crippen LogP contribution is 2.35. The van der Waals surface area contributed by atoms with E-state index in [1.807, 2.05) is 31.1 Å². The second-order valence-corrected chi connectivity index (χ2v) is 6.90. The minimum Gasteiger partial charge on any atom is -0.378 e. The van der Waals surface area contributed by atoms with Crippen molar-refractivity contribution >= 4 is 11.6 Å². The van der Waals surface area contributed by atoms with Gasteiger partial charge < -0.3 is 10.2 Å². The van der Waals surface area contributed by atoms with Gasteiger partial charge >= 0.3 is 6.18 Å². The SMILES string of the molecule is CN(C)c1ccc(C(=O)NCCn2nc(C(F)(F)F)c3c2CCCC3)cc1. The van der Waals surface area contributed by atoms with Gasteiger partial charge in [-0.2, -0.15) is 18.3 Å². The summed E-state index contributed by atoms with van der Waals surface area (Å²) in [6, 6.07) is 7.13. The van der Waals surface area contributed by atoms with Crippen LogP contribution in [0.3, 0.4) is 0 Å². The molecule has 1 aliphatic carbocycles. The second-order valence-electron chi connectivity index (χ2n) is 6.90. The molecule has 0 atom stereocenters. The minimum atomic E-state index is -4.44. The molecule has 1 aromatic heterocycles. The van der Waals surface area contributed by atoms with Gasteiger partial charge in [0.05, 0.1) is 6.54 Å². The Balaban J connectivity index is 1.65. The maximum Gasteiger partial charge on any atom is 0.435 e. The third kappa shape index (κ3) is 4.26. The molecule has 0 bridgehead atoms. The number of fused-ring (bicyclic) bond motifs is 1. The Labute approximate surface area is 156 Å². The fourth-order valence-electron chi connectivity index (χ4n) is 3.37. The van der Waals surface area contributed by atoms with Gasteiger partial charge in [-0.1, -0.05) is 0 Å². The first-order valence-electron chi connectivity index (χ1n) is 8.98. The normalized spacial score (nSPS) is 14.0. The van der Waals surface area contributed by atoms with Crippen molar-refractivity contribution in [2.24, 2.45) is 0 Å². The van der Waals surface area contributed by atoms with Gasteiger partial charge in [-0.25, -0.2) is 0 Å². The maximum absolute atomic E-state index is 13.2. The van der Waals surface area contributed by atoms with E-state index in [1.54, 1.807) is 12.1 Å². The first-order chi connectivity index (χ1) is 12.8. The molecule has 8 heteroatoms. The average Bonchev–Trinajstić information content (AvgIpc) is 3.01. The topological polar surface area (TPSA) is 50.2 Å². The molecule has 2 aromatic rings. The molecular formula is C19H23F3N4O. The van der Waals surface area contributed by atoms with Crippen LogP contribution in [0, 0.1) is 0 Å². The second kappa shape index (κ2) is 7.62. The highest BCUT2D eigenvalue weighted by atomic mass is 19.4. The third-order valence-corrected chi connectivity index (χ3v) is 4.78. The van der Waals surface area contributed by atoms with Crippen LogP contribution in [-0.2, 0) is 25.6 Å². The number of alkyl halides is 3. The lowest BCUT2D eigenvalue weighted by Gasteiger charge is -2.15. The number of carbonyl (C=O) groups is 1. The largest absolute Gasteiger partial charge is 0.435 e. The summed E-state index contributed by atoms with van der Waals surface area (Å²) in [5, 5.41) is 6.55. The van der Waals surface area contributed by atoms with Crippen molar-refractivity contribution in [3.05, 3.63) is 46.8 Å². The zero-order valence-corrected chi connectivity index (χ0v) is 15.4. The first kappa shape index (κ1) is 19.3. The number of hydrogen-bond acceptors (Lipinski definition) is 3. The van der Waals surface area contributed by atoms with Crippen LogP contribution in [-0.4, -0.2) is 36.3 Å². The van der Waals surface area contributed by atoms with Gasteiger partial charge in [-0.15, -0.1) is 0 Å². The highest BCUT2D eigenvalue weighted by Gasteiger charge is 2.39. The molecule has 3 rings (SSSR count). The van der Waals surface area contributed by atoms with Gasteiger partial charge in [0.2, 0.25) is 0 Å². The van der Waals surface area contributed by atoms with Crippen LogP contribution in [0.15, 0.2) is 24.3 Å². The van der Waals surface area contributed by atoms with Gasteiger partial charge in [-0.05, 0) is 49.9 Å². The number of amides is 1. The molecule has 0 radical (unpaired) electrons. The number of halogens is 3. The number of nitrogens with zero attached hydrogens (tertiary/aromatic N) is 3. The summed E-state index contributed by atoms with van der Waals surface area (Å²) < 4.78 is 41.0. The number of rotatable bonds is 5. The molecule has 1 aromatic carbocycles. The molecule has 27 heavy (non-hydrogen) atoms. The fraction of sp³-hybridized carbons (Fsp3) is 0.474. The lowest BCUT2D eigenvalue weighted by molar-refractivity contribution is -0.142. The van der Waals surface area contributed by atoms with E-state index in [4.69, 9.17) is 0 Å². The summed E-state index contributed by atoms with van der Waals surface area (Å²) in [7, 11) is 3.82. The molecule has 146 valence electrons. The van der Waals surface area contributed by atoms with E-state index in [0.29, 0.717) is 29.7 Å². The number of anilines is 1. The molecule has 0 unspecified atom stereocenters. The molecule has 0 saturated heterocycles. The van der Waals surface area contributed by atoms with Crippen LogP contribution < -0.4 is 10.2 Å². The molecule has 1 amide bonds. The van der Waals surface area contributed by atoms with E-state index >= 15 is 0 Å². The monoisotopic (exact) mass is 380 g/mol. The van der Waals surface area contributed by atoms with Gasteiger partial charge in [0.1, 0.15) is 0 Å². The third-order valence-electron chi connectivity index (χ3n) is 4.78. The van der Waals surface area contributed by atoms with Crippen molar-refractivity contribution in [1.82, 2.24) is 15.1 Å². The molecule has 1 heterocycles.